The molecule has 1 aromatic heterocycles. The summed E-state index contributed by atoms with van der Waals surface area (Å²) in [6.45, 7) is 1.88. The molecule has 0 amide bonds. The van der Waals surface area contributed by atoms with Gasteiger partial charge in [0.15, 0.2) is 5.78 Å². The smallest absolute Gasteiger partial charge is 0.311 e. The Balaban J connectivity index is 2.04. The fraction of sp³-hybridized carbons (Fsp3) is 0.0526. The average molecular weight is 333 g/mol. The van der Waals surface area contributed by atoms with E-state index in [0.717, 1.165) is 5.56 Å². The van der Waals surface area contributed by atoms with Gasteiger partial charge in [0.1, 0.15) is 0 Å². The molecule has 0 aliphatic carbocycles. The molecule has 6 heteroatoms. The lowest BCUT2D eigenvalue weighted by molar-refractivity contribution is -0.384. The van der Waals surface area contributed by atoms with Gasteiger partial charge in [0.05, 0.1) is 10.6 Å². The molecule has 1 N–H and O–H groups in total. The number of ketones is 1. The number of benzene rings is 2. The lowest BCUT2D eigenvalue weighted by Gasteiger charge is -2.12. The Kier molecular flexibility index (Phi) is 4.52. The monoisotopic (exact) mass is 333 g/mol. The number of aryl methyl sites for hydroxylation is 1. The molecule has 6 nitrogen and oxygen atoms in total. The molecule has 3 rings (SSSR count). The molecule has 0 aliphatic rings. The van der Waals surface area contributed by atoms with Crippen LogP contribution in [0, 0.1) is 17.0 Å². The minimum Gasteiger partial charge on any atom is -0.334 e. The van der Waals surface area contributed by atoms with Gasteiger partial charge in [-0.15, -0.1) is 0 Å². The Morgan fingerprint density at radius 1 is 1.08 bits per heavy atom. The van der Waals surface area contributed by atoms with Crippen LogP contribution in [-0.2, 0) is 0 Å². The number of carbonyl (C=O) groups is 1. The molecule has 1 heterocycles. The number of aromatic nitrogens is 1. The van der Waals surface area contributed by atoms with Gasteiger partial charge in [-0.3, -0.25) is 14.9 Å². The first-order valence-electron chi connectivity index (χ1n) is 7.63. The van der Waals surface area contributed by atoms with Crippen molar-refractivity contribution in [3.8, 4) is 0 Å². The molecule has 124 valence electrons. The van der Waals surface area contributed by atoms with Crippen LogP contribution in [0.15, 0.2) is 66.9 Å². The van der Waals surface area contributed by atoms with Crippen LogP contribution in [0.2, 0.25) is 0 Å². The van der Waals surface area contributed by atoms with Gasteiger partial charge in [0.25, 0.3) is 0 Å². The second kappa shape index (κ2) is 6.92. The minimum atomic E-state index is -0.512. The Hall–Kier alpha value is -3.54. The standard InChI is InChI=1S/C19H15N3O3/c1-13-9-10-16(21-19-17(22(24)25)8-5-11-20-19)15(12-13)18(23)14-6-3-2-4-7-14/h2-12H,1H3,(H,20,21). The number of nitro groups is 1. The van der Waals surface area contributed by atoms with E-state index in [1.165, 1.54) is 18.3 Å². The number of hydrogen-bond donors (Lipinski definition) is 1. The fourth-order valence-electron chi connectivity index (χ4n) is 2.47. The number of nitrogens with zero attached hydrogens (tertiary/aromatic N) is 2. The van der Waals surface area contributed by atoms with Gasteiger partial charge in [-0.2, -0.15) is 0 Å². The van der Waals surface area contributed by atoms with Crippen molar-refractivity contribution in [2.24, 2.45) is 0 Å². The summed E-state index contributed by atoms with van der Waals surface area (Å²) < 4.78 is 0. The van der Waals surface area contributed by atoms with E-state index in [2.05, 4.69) is 10.3 Å². The summed E-state index contributed by atoms with van der Waals surface area (Å²) in [5.41, 5.74) is 2.22. The highest BCUT2D eigenvalue weighted by molar-refractivity contribution is 6.12. The molecule has 0 atom stereocenters. The third kappa shape index (κ3) is 3.53. The summed E-state index contributed by atoms with van der Waals surface area (Å²) in [5, 5.41) is 14.1. The Morgan fingerprint density at radius 3 is 2.56 bits per heavy atom. The molecule has 0 radical (unpaired) electrons. The summed E-state index contributed by atoms with van der Waals surface area (Å²) >= 11 is 0. The lowest BCUT2D eigenvalue weighted by Crippen LogP contribution is -2.07. The van der Waals surface area contributed by atoms with Crippen molar-refractivity contribution in [3.63, 3.8) is 0 Å². The van der Waals surface area contributed by atoms with Gasteiger partial charge in [0.2, 0.25) is 5.82 Å². The van der Waals surface area contributed by atoms with Crippen LogP contribution in [0.25, 0.3) is 0 Å². The maximum absolute atomic E-state index is 12.8. The first-order valence-corrected chi connectivity index (χ1v) is 7.63. The van der Waals surface area contributed by atoms with Crippen LogP contribution in [0.4, 0.5) is 17.2 Å². The number of rotatable bonds is 5. The molecule has 25 heavy (non-hydrogen) atoms. The van der Waals surface area contributed by atoms with Crippen molar-refractivity contribution in [1.82, 2.24) is 4.98 Å². The largest absolute Gasteiger partial charge is 0.334 e. The Bertz CT molecular complexity index is 940. The summed E-state index contributed by atoms with van der Waals surface area (Å²) in [4.78, 5) is 27.5. The zero-order valence-corrected chi connectivity index (χ0v) is 13.5. The highest BCUT2D eigenvalue weighted by atomic mass is 16.6. The molecule has 0 bridgehead atoms. The summed E-state index contributed by atoms with van der Waals surface area (Å²) in [5.74, 6) is -0.0659. The molecular weight excluding hydrogens is 318 g/mol. The van der Waals surface area contributed by atoms with Crippen molar-refractivity contribution in [1.29, 1.82) is 0 Å². The van der Waals surface area contributed by atoms with Gasteiger partial charge >= 0.3 is 5.69 Å². The molecule has 0 fully saturated rings. The first kappa shape index (κ1) is 16.3. The third-order valence-electron chi connectivity index (χ3n) is 3.69. The van der Waals surface area contributed by atoms with Gasteiger partial charge in [-0.1, -0.05) is 42.0 Å². The average Bonchev–Trinajstić information content (AvgIpc) is 2.63. The number of pyridine rings is 1. The minimum absolute atomic E-state index is 0.0958. The van der Waals surface area contributed by atoms with Gasteiger partial charge in [0, 0.05) is 23.4 Å². The van der Waals surface area contributed by atoms with E-state index < -0.39 is 4.92 Å². The topological polar surface area (TPSA) is 85.1 Å². The molecule has 0 spiro atoms. The predicted octanol–water partition coefficient (Wildman–Crippen LogP) is 4.27. The summed E-state index contributed by atoms with van der Waals surface area (Å²) in [6.07, 6.45) is 1.46. The maximum atomic E-state index is 12.8. The van der Waals surface area contributed by atoms with E-state index in [1.54, 1.807) is 36.4 Å². The van der Waals surface area contributed by atoms with Crippen molar-refractivity contribution < 1.29 is 9.72 Å². The van der Waals surface area contributed by atoms with Gasteiger partial charge in [-0.05, 0) is 25.1 Å². The third-order valence-corrected chi connectivity index (χ3v) is 3.69. The van der Waals surface area contributed by atoms with Gasteiger partial charge in [-0.25, -0.2) is 4.98 Å². The van der Waals surface area contributed by atoms with Crippen molar-refractivity contribution in [2.45, 2.75) is 6.92 Å². The van der Waals surface area contributed by atoms with Crippen LogP contribution in [0.1, 0.15) is 21.5 Å². The maximum Gasteiger partial charge on any atom is 0.311 e. The SMILES string of the molecule is Cc1ccc(Nc2ncccc2[N+](=O)[O-])c(C(=O)c2ccccc2)c1. The van der Waals surface area contributed by atoms with Crippen molar-refractivity contribution in [3.05, 3.63) is 93.7 Å². The second-order valence-electron chi connectivity index (χ2n) is 5.50. The van der Waals surface area contributed by atoms with E-state index >= 15 is 0 Å². The van der Waals surface area contributed by atoms with Crippen LogP contribution in [0.3, 0.4) is 0 Å². The quantitative estimate of drug-likeness (QED) is 0.428. The van der Waals surface area contributed by atoms with Crippen LogP contribution >= 0.6 is 0 Å². The molecule has 2 aromatic carbocycles. The molecule has 3 aromatic rings. The second-order valence-corrected chi connectivity index (χ2v) is 5.50. The van der Waals surface area contributed by atoms with E-state index in [9.17, 15) is 14.9 Å². The summed E-state index contributed by atoms with van der Waals surface area (Å²) in [6, 6.07) is 17.1. The molecule has 0 saturated carbocycles. The Morgan fingerprint density at radius 2 is 1.84 bits per heavy atom. The van der Waals surface area contributed by atoms with Crippen molar-refractivity contribution in [2.75, 3.05) is 5.32 Å². The first-order chi connectivity index (χ1) is 12.1. The zero-order valence-electron chi connectivity index (χ0n) is 13.5. The Labute approximate surface area is 144 Å². The number of anilines is 2. The fourth-order valence-corrected chi connectivity index (χ4v) is 2.47. The molecule has 0 saturated heterocycles. The molecular formula is C19H15N3O3. The van der Waals surface area contributed by atoms with Crippen molar-refractivity contribution >= 4 is 23.0 Å². The van der Waals surface area contributed by atoms with E-state index in [-0.39, 0.29) is 17.3 Å². The molecule has 0 aliphatic heterocycles. The number of hydrogen-bond acceptors (Lipinski definition) is 5. The summed E-state index contributed by atoms with van der Waals surface area (Å²) in [7, 11) is 0. The van der Waals surface area contributed by atoms with Crippen LogP contribution in [0.5, 0.6) is 0 Å². The normalized spacial score (nSPS) is 10.3. The van der Waals surface area contributed by atoms with E-state index in [4.69, 9.17) is 0 Å². The highest BCUT2D eigenvalue weighted by Crippen LogP contribution is 2.28. The predicted molar refractivity (Wildman–Crippen MR) is 95.2 cm³/mol. The van der Waals surface area contributed by atoms with E-state index in [0.29, 0.717) is 16.8 Å². The number of nitrogens with one attached hydrogen (secondary N) is 1. The van der Waals surface area contributed by atoms with Gasteiger partial charge < -0.3 is 5.32 Å². The number of carbonyl (C=O) groups excluding carboxylic acids is 1. The lowest BCUT2D eigenvalue weighted by atomic mass is 9.99. The van der Waals surface area contributed by atoms with Crippen LogP contribution in [-0.4, -0.2) is 15.7 Å². The zero-order chi connectivity index (χ0) is 17.8. The van der Waals surface area contributed by atoms with Crippen LogP contribution < -0.4 is 5.32 Å². The highest BCUT2D eigenvalue weighted by Gasteiger charge is 2.18. The molecule has 0 unspecified atom stereocenters. The van der Waals surface area contributed by atoms with E-state index in [1.807, 2.05) is 19.1 Å².